The van der Waals surface area contributed by atoms with Gasteiger partial charge in [0.05, 0.1) is 15.3 Å². The minimum absolute atomic E-state index is 0.0440. The summed E-state index contributed by atoms with van der Waals surface area (Å²) in [6.07, 6.45) is -4.51. The predicted molar refractivity (Wildman–Crippen MR) is 127 cm³/mol. The highest BCUT2D eigenvalue weighted by Gasteiger charge is 2.39. The molecule has 8 nitrogen and oxygen atoms in total. The molecule has 1 aliphatic heterocycles. The number of rotatable bonds is 5. The molecule has 1 aromatic carbocycles. The maximum absolute atomic E-state index is 13.9. The van der Waals surface area contributed by atoms with Crippen LogP contribution in [0.1, 0.15) is 54.2 Å². The molecule has 0 radical (unpaired) electrons. The first-order valence-corrected chi connectivity index (χ1v) is 13.3. The fraction of sp³-hybridized carbons (Fsp3) is 0.478. The predicted octanol–water partition coefficient (Wildman–Crippen LogP) is 5.08. The van der Waals surface area contributed by atoms with Gasteiger partial charge in [-0.2, -0.15) is 17.5 Å². The molecule has 2 amide bonds. The van der Waals surface area contributed by atoms with Crippen LogP contribution in [0.5, 0.6) is 0 Å². The number of aromatic nitrogens is 2. The molecule has 1 unspecified atom stereocenters. The van der Waals surface area contributed by atoms with Crippen LogP contribution in [0.3, 0.4) is 0 Å². The zero-order valence-corrected chi connectivity index (χ0v) is 21.2. The topological polar surface area (TPSA) is 105 Å². The quantitative estimate of drug-likeness (QED) is 0.524. The number of alkyl halides is 5. The van der Waals surface area contributed by atoms with Crippen molar-refractivity contribution in [3.05, 3.63) is 41.1 Å². The fourth-order valence-electron chi connectivity index (χ4n) is 3.86. The van der Waals surface area contributed by atoms with Crippen LogP contribution in [-0.4, -0.2) is 51.5 Å². The van der Waals surface area contributed by atoms with Crippen LogP contribution in [0, 0.1) is 6.92 Å². The van der Waals surface area contributed by atoms with Gasteiger partial charge in [-0.3, -0.25) is 9.59 Å². The molecule has 0 saturated carbocycles. The zero-order chi connectivity index (χ0) is 27.6. The average molecular weight is 548 g/mol. The molecule has 1 atom stereocenters. The third-order valence-corrected chi connectivity index (χ3v) is 7.50. The van der Waals surface area contributed by atoms with E-state index in [0.29, 0.717) is 0 Å². The molecule has 0 aliphatic carbocycles. The smallest absolute Gasteiger partial charge is 0.354 e. The van der Waals surface area contributed by atoms with E-state index in [-0.39, 0.29) is 42.3 Å². The lowest BCUT2D eigenvalue weighted by molar-refractivity contribution is -0.142. The molecular formula is C23H26F5N5O3S. The van der Waals surface area contributed by atoms with Gasteiger partial charge in [-0.15, -0.1) is 10.2 Å². The number of nitrogens with zero attached hydrogens (tertiary/aromatic N) is 4. The maximum atomic E-state index is 13.9. The second-order valence-electron chi connectivity index (χ2n) is 8.69. The summed E-state index contributed by atoms with van der Waals surface area (Å²) in [7, 11) is -3.15. The second kappa shape index (κ2) is 10.7. The van der Waals surface area contributed by atoms with E-state index in [1.54, 1.807) is 6.92 Å². The Bertz CT molecular complexity index is 1320. The van der Waals surface area contributed by atoms with Gasteiger partial charge in [-0.1, -0.05) is 13.0 Å². The minimum atomic E-state index is -4.91. The Kier molecular flexibility index (Phi) is 8.20. The summed E-state index contributed by atoms with van der Waals surface area (Å²) in [5.41, 5.74) is -2.26. The Balaban J connectivity index is 2.04. The number of benzene rings is 1. The number of hydrogen-bond acceptors (Lipinski definition) is 6. The van der Waals surface area contributed by atoms with E-state index in [9.17, 15) is 35.8 Å². The molecule has 1 fully saturated rings. The molecule has 14 heteroatoms. The van der Waals surface area contributed by atoms with Gasteiger partial charge in [0.15, 0.2) is 11.5 Å². The Morgan fingerprint density at radius 2 is 1.89 bits per heavy atom. The number of halogens is 5. The van der Waals surface area contributed by atoms with Gasteiger partial charge < -0.3 is 10.2 Å². The third-order valence-electron chi connectivity index (χ3n) is 5.82. The molecule has 3 rings (SSSR count). The monoisotopic (exact) mass is 547 g/mol. The lowest BCUT2D eigenvalue weighted by Crippen LogP contribution is -2.31. The Labute approximate surface area is 210 Å². The van der Waals surface area contributed by atoms with Gasteiger partial charge in [-0.05, 0) is 37.1 Å². The third kappa shape index (κ3) is 6.79. The van der Waals surface area contributed by atoms with Gasteiger partial charge in [0, 0.05) is 49.2 Å². The van der Waals surface area contributed by atoms with E-state index in [2.05, 4.69) is 19.9 Å². The van der Waals surface area contributed by atoms with Crippen molar-refractivity contribution >= 4 is 33.0 Å². The summed E-state index contributed by atoms with van der Waals surface area (Å²) >= 11 is 0. The first-order valence-electron chi connectivity index (χ1n) is 11.4. The summed E-state index contributed by atoms with van der Waals surface area (Å²) < 4.78 is 85.1. The fourth-order valence-corrected chi connectivity index (χ4v) is 5.16. The van der Waals surface area contributed by atoms with Crippen LogP contribution in [0.15, 0.2) is 33.5 Å². The Morgan fingerprint density at radius 1 is 1.19 bits per heavy atom. The summed E-state index contributed by atoms with van der Waals surface area (Å²) in [6.45, 7) is 2.44. The van der Waals surface area contributed by atoms with Gasteiger partial charge in [-0.25, -0.2) is 13.0 Å². The summed E-state index contributed by atoms with van der Waals surface area (Å²) in [4.78, 5) is 26.4. The van der Waals surface area contributed by atoms with Gasteiger partial charge in [0.2, 0.25) is 5.92 Å². The van der Waals surface area contributed by atoms with Crippen molar-refractivity contribution in [1.29, 1.82) is 0 Å². The molecular weight excluding hydrogens is 521 g/mol. The van der Waals surface area contributed by atoms with Crippen LogP contribution in [0.4, 0.5) is 33.5 Å². The molecule has 1 N–H and O–H groups in total. The largest absolute Gasteiger partial charge is 0.435 e. The van der Waals surface area contributed by atoms with Gasteiger partial charge >= 0.3 is 6.18 Å². The number of anilines is 2. The van der Waals surface area contributed by atoms with Crippen LogP contribution >= 0.6 is 0 Å². The van der Waals surface area contributed by atoms with Crippen LogP contribution in [0.25, 0.3) is 0 Å². The SMILES string of the molecule is CCC(=O)N=S(C)(=O)c1cccc(NC(=O)c2c(N3CCCC(F)(F)CC3)nnc(C(F)(F)F)c2C)c1. The van der Waals surface area contributed by atoms with E-state index in [4.69, 9.17) is 0 Å². The maximum Gasteiger partial charge on any atom is 0.435 e. The molecule has 2 aromatic rings. The van der Waals surface area contributed by atoms with Crippen LogP contribution in [0.2, 0.25) is 0 Å². The molecule has 0 bridgehead atoms. The highest BCUT2D eigenvalue weighted by molar-refractivity contribution is 7.93. The first kappa shape index (κ1) is 28.4. The standard InChI is InChI=1S/C23H26F5N5O3S/c1-4-17(34)32-37(3,36)16-8-5-7-15(13-16)29-21(35)18-14(2)19(23(26,27)28)30-31-20(18)33-11-6-9-22(24,25)10-12-33/h5,7-8,13H,4,6,9-12H2,1-3H3,(H,29,35). The number of carbonyl (C=O) groups excluding carboxylic acids is 2. The summed E-state index contributed by atoms with van der Waals surface area (Å²) in [5.74, 6) is -4.73. The van der Waals surface area contributed by atoms with Crippen LogP contribution in [-0.2, 0) is 20.7 Å². The van der Waals surface area contributed by atoms with Crippen molar-refractivity contribution < 1.29 is 35.8 Å². The minimum Gasteiger partial charge on any atom is -0.354 e. The first-order chi connectivity index (χ1) is 17.1. The lowest BCUT2D eigenvalue weighted by atomic mass is 10.1. The normalized spacial score (nSPS) is 17.5. The summed E-state index contributed by atoms with van der Waals surface area (Å²) in [5, 5.41) is 9.36. The molecule has 37 heavy (non-hydrogen) atoms. The summed E-state index contributed by atoms with van der Waals surface area (Å²) in [6, 6.07) is 5.59. The van der Waals surface area contributed by atoms with E-state index in [1.807, 2.05) is 0 Å². The number of amides is 2. The molecule has 1 saturated heterocycles. The van der Waals surface area contributed by atoms with Crippen molar-refractivity contribution in [2.45, 2.75) is 56.5 Å². The second-order valence-corrected chi connectivity index (χ2v) is 10.9. The van der Waals surface area contributed by atoms with E-state index < -0.39 is 63.3 Å². The van der Waals surface area contributed by atoms with E-state index in [1.165, 1.54) is 35.4 Å². The lowest BCUT2D eigenvalue weighted by Gasteiger charge is -2.25. The van der Waals surface area contributed by atoms with Crippen molar-refractivity contribution in [2.75, 3.05) is 29.6 Å². The van der Waals surface area contributed by atoms with Crippen molar-refractivity contribution in [3.8, 4) is 0 Å². The van der Waals surface area contributed by atoms with Crippen molar-refractivity contribution in [1.82, 2.24) is 10.2 Å². The number of hydrogen-bond donors (Lipinski definition) is 1. The highest BCUT2D eigenvalue weighted by Crippen LogP contribution is 2.36. The van der Waals surface area contributed by atoms with E-state index >= 15 is 0 Å². The Hall–Kier alpha value is -3.16. The molecule has 2 heterocycles. The van der Waals surface area contributed by atoms with Crippen LogP contribution < -0.4 is 10.2 Å². The number of nitrogens with one attached hydrogen (secondary N) is 1. The zero-order valence-electron chi connectivity index (χ0n) is 20.4. The molecule has 1 aliphatic rings. The van der Waals surface area contributed by atoms with Gasteiger partial charge in [0.25, 0.3) is 11.8 Å². The van der Waals surface area contributed by atoms with Crippen molar-refractivity contribution in [3.63, 3.8) is 0 Å². The average Bonchev–Trinajstić information content (AvgIpc) is 2.98. The van der Waals surface area contributed by atoms with E-state index in [0.717, 1.165) is 6.92 Å². The molecule has 0 spiro atoms. The highest BCUT2D eigenvalue weighted by atomic mass is 32.2. The van der Waals surface area contributed by atoms with Gasteiger partial charge in [0.1, 0.15) is 0 Å². The molecule has 202 valence electrons. The Morgan fingerprint density at radius 3 is 2.54 bits per heavy atom. The number of carbonyl (C=O) groups is 2. The molecule has 1 aromatic heterocycles. The van der Waals surface area contributed by atoms with Crippen molar-refractivity contribution in [2.24, 2.45) is 4.36 Å².